The van der Waals surface area contributed by atoms with Gasteiger partial charge in [-0.3, -0.25) is 4.99 Å². The lowest BCUT2D eigenvalue weighted by atomic mass is 9.65. The summed E-state index contributed by atoms with van der Waals surface area (Å²) in [6.45, 7) is 0. The Morgan fingerprint density at radius 2 is 1.37 bits per heavy atom. The van der Waals surface area contributed by atoms with Gasteiger partial charge in [-0.1, -0.05) is 146 Å². The molecule has 49 heavy (non-hydrogen) atoms. The molecule has 7 aromatic rings. The van der Waals surface area contributed by atoms with Crippen LogP contribution in [0.15, 0.2) is 174 Å². The molecule has 0 bridgehead atoms. The van der Waals surface area contributed by atoms with Crippen molar-refractivity contribution in [3.8, 4) is 16.8 Å². The molecule has 2 heteroatoms. The van der Waals surface area contributed by atoms with E-state index in [1.807, 2.05) is 6.21 Å². The Morgan fingerprint density at radius 1 is 0.653 bits per heavy atom. The van der Waals surface area contributed by atoms with Crippen LogP contribution in [0.4, 0.5) is 0 Å². The molecule has 2 aliphatic carbocycles. The van der Waals surface area contributed by atoms with Gasteiger partial charge in [0.1, 0.15) is 0 Å². The molecule has 2 heterocycles. The summed E-state index contributed by atoms with van der Waals surface area (Å²) in [6.07, 6.45) is 14.3. The van der Waals surface area contributed by atoms with Crippen LogP contribution in [0.2, 0.25) is 0 Å². The molecule has 3 aliphatic rings. The first-order valence-corrected chi connectivity index (χ1v) is 17.3. The SMILES string of the molecule is C1=CC(C/C=C(\N=C\c2ccc3c(c2)c2cccc4c2n3-c2ccccc2C42c3ccccc3-c3ccccc32)c2ccccc2)=CCC1. The van der Waals surface area contributed by atoms with E-state index in [0.29, 0.717) is 0 Å². The molecule has 0 radical (unpaired) electrons. The first-order chi connectivity index (χ1) is 24.3. The van der Waals surface area contributed by atoms with Crippen LogP contribution in [-0.2, 0) is 5.41 Å². The first-order valence-electron chi connectivity index (χ1n) is 17.3. The Labute approximate surface area is 286 Å². The molecule has 0 unspecified atom stereocenters. The quantitative estimate of drug-likeness (QED) is 0.169. The summed E-state index contributed by atoms with van der Waals surface area (Å²) in [4.78, 5) is 5.11. The van der Waals surface area contributed by atoms with Crippen LogP contribution in [0.3, 0.4) is 0 Å². The molecule has 2 nitrogen and oxygen atoms in total. The van der Waals surface area contributed by atoms with Crippen molar-refractivity contribution in [2.45, 2.75) is 24.7 Å². The Balaban J connectivity index is 1.17. The maximum absolute atomic E-state index is 5.11. The maximum Gasteiger partial charge on any atom is 0.0754 e. The van der Waals surface area contributed by atoms with E-state index in [-0.39, 0.29) is 0 Å². The van der Waals surface area contributed by atoms with E-state index >= 15 is 0 Å². The van der Waals surface area contributed by atoms with Gasteiger partial charge in [-0.25, -0.2) is 0 Å². The van der Waals surface area contributed by atoms with E-state index in [2.05, 4.69) is 168 Å². The first kappa shape index (κ1) is 28.1. The van der Waals surface area contributed by atoms with Crippen molar-refractivity contribution in [2.24, 2.45) is 4.99 Å². The van der Waals surface area contributed by atoms with Gasteiger partial charge >= 0.3 is 0 Å². The van der Waals surface area contributed by atoms with Crippen molar-refractivity contribution in [3.05, 3.63) is 203 Å². The van der Waals surface area contributed by atoms with Crippen LogP contribution < -0.4 is 0 Å². The number of nitrogens with zero attached hydrogens (tertiary/aromatic N) is 2. The number of hydrogen-bond acceptors (Lipinski definition) is 1. The minimum atomic E-state index is -0.393. The number of rotatable bonds is 5. The lowest BCUT2D eigenvalue weighted by Gasteiger charge is -2.39. The monoisotopic (exact) mass is 626 g/mol. The second kappa shape index (κ2) is 11.0. The van der Waals surface area contributed by atoms with Crippen LogP contribution in [0.25, 0.3) is 44.3 Å². The predicted octanol–water partition coefficient (Wildman–Crippen LogP) is 11.6. The fourth-order valence-electron chi connectivity index (χ4n) is 8.70. The van der Waals surface area contributed by atoms with Crippen LogP contribution in [0.5, 0.6) is 0 Å². The normalized spacial score (nSPS) is 15.5. The predicted molar refractivity (Wildman–Crippen MR) is 205 cm³/mol. The van der Waals surface area contributed by atoms with E-state index in [1.54, 1.807) is 0 Å². The van der Waals surface area contributed by atoms with Gasteiger partial charge in [0.25, 0.3) is 0 Å². The molecular weight excluding hydrogens is 593 g/mol. The third-order valence-corrected chi connectivity index (χ3v) is 10.7. The summed E-state index contributed by atoms with van der Waals surface area (Å²) in [5, 5.41) is 2.52. The van der Waals surface area contributed by atoms with E-state index in [1.165, 1.54) is 66.4 Å². The van der Waals surface area contributed by atoms with Gasteiger partial charge in [-0.15, -0.1) is 0 Å². The number of hydrogen-bond donors (Lipinski definition) is 0. The molecule has 6 aromatic carbocycles. The maximum atomic E-state index is 5.11. The zero-order valence-corrected chi connectivity index (χ0v) is 27.2. The summed E-state index contributed by atoms with van der Waals surface area (Å²) >= 11 is 0. The number of aromatic nitrogens is 1. The molecule has 1 spiro atoms. The third-order valence-electron chi connectivity index (χ3n) is 10.7. The lowest BCUT2D eigenvalue weighted by Crippen LogP contribution is -2.33. The van der Waals surface area contributed by atoms with E-state index < -0.39 is 5.41 Å². The van der Waals surface area contributed by atoms with E-state index in [0.717, 1.165) is 36.1 Å². The van der Waals surface area contributed by atoms with Crippen molar-refractivity contribution >= 4 is 33.7 Å². The number of para-hydroxylation sites is 2. The average Bonchev–Trinajstić information content (AvgIpc) is 3.66. The Kier molecular flexibility index (Phi) is 6.32. The van der Waals surface area contributed by atoms with Gasteiger partial charge in [0.2, 0.25) is 0 Å². The summed E-state index contributed by atoms with van der Waals surface area (Å²) < 4.78 is 2.51. The minimum Gasteiger partial charge on any atom is -0.309 e. The second-order valence-corrected chi connectivity index (χ2v) is 13.3. The van der Waals surface area contributed by atoms with Gasteiger partial charge in [-0.05, 0) is 87.5 Å². The summed E-state index contributed by atoms with van der Waals surface area (Å²) in [5.41, 5.74) is 16.0. The van der Waals surface area contributed by atoms with E-state index in [4.69, 9.17) is 4.99 Å². The highest BCUT2D eigenvalue weighted by atomic mass is 15.0. The molecule has 0 N–H and O–H groups in total. The third kappa shape index (κ3) is 4.10. The number of allylic oxidation sites excluding steroid dienone is 5. The molecule has 0 saturated carbocycles. The molecule has 0 saturated heterocycles. The fourth-order valence-corrected chi connectivity index (χ4v) is 8.70. The Morgan fingerprint density at radius 3 is 2.14 bits per heavy atom. The minimum absolute atomic E-state index is 0.393. The largest absolute Gasteiger partial charge is 0.309 e. The van der Waals surface area contributed by atoms with Crippen molar-refractivity contribution in [1.29, 1.82) is 0 Å². The smallest absolute Gasteiger partial charge is 0.0754 e. The summed E-state index contributed by atoms with van der Waals surface area (Å²) in [7, 11) is 0. The zero-order chi connectivity index (χ0) is 32.4. The molecule has 1 aliphatic heterocycles. The van der Waals surface area contributed by atoms with Gasteiger partial charge in [0, 0.05) is 17.0 Å². The number of aliphatic imine (C=N–C) groups is 1. The highest BCUT2D eigenvalue weighted by Crippen LogP contribution is 2.60. The van der Waals surface area contributed by atoms with Gasteiger partial charge in [0.05, 0.1) is 27.8 Å². The molecule has 10 rings (SSSR count). The van der Waals surface area contributed by atoms with Crippen LogP contribution >= 0.6 is 0 Å². The van der Waals surface area contributed by atoms with E-state index in [9.17, 15) is 0 Å². The van der Waals surface area contributed by atoms with Crippen LogP contribution in [0, 0.1) is 0 Å². The average molecular weight is 627 g/mol. The Hall–Kier alpha value is -5.99. The molecule has 0 fully saturated rings. The van der Waals surface area contributed by atoms with Gasteiger partial charge in [-0.2, -0.15) is 0 Å². The highest BCUT2D eigenvalue weighted by molar-refractivity contribution is 6.14. The van der Waals surface area contributed by atoms with Crippen molar-refractivity contribution < 1.29 is 0 Å². The molecule has 232 valence electrons. The molecule has 1 aromatic heterocycles. The second-order valence-electron chi connectivity index (χ2n) is 13.3. The Bertz CT molecular complexity index is 2530. The summed E-state index contributed by atoms with van der Waals surface area (Å²) in [5.74, 6) is 0. The van der Waals surface area contributed by atoms with Gasteiger partial charge in [0.15, 0.2) is 0 Å². The van der Waals surface area contributed by atoms with Crippen LogP contribution in [-0.4, -0.2) is 10.8 Å². The number of benzene rings is 6. The van der Waals surface area contributed by atoms with Gasteiger partial charge < -0.3 is 4.57 Å². The highest BCUT2D eigenvalue weighted by Gasteiger charge is 2.50. The van der Waals surface area contributed by atoms with Crippen molar-refractivity contribution in [3.63, 3.8) is 0 Å². The number of fused-ring (bicyclic) bond motifs is 12. The van der Waals surface area contributed by atoms with Crippen LogP contribution in [0.1, 0.15) is 52.6 Å². The topological polar surface area (TPSA) is 17.3 Å². The molecular formula is C47H34N2. The lowest BCUT2D eigenvalue weighted by molar-refractivity contribution is 0.748. The molecule has 0 atom stereocenters. The fraction of sp³-hybridized carbons (Fsp3) is 0.0851. The van der Waals surface area contributed by atoms with Crippen molar-refractivity contribution in [2.75, 3.05) is 0 Å². The summed E-state index contributed by atoms with van der Waals surface area (Å²) in [6, 6.07) is 51.3. The standard InChI is InChI=1S/C47H34N2/c1-3-14-32(15-4-1)26-28-43(34-16-5-2-6-17-34)48-31-33-27-29-44-38(30-33)37-20-13-24-42-46(37)49(44)45-25-12-11-23-41(45)47(42)39-21-9-7-18-35(39)36-19-8-10-22-40(36)47/h2-3,5-25,27-31H,1,4,26H2/b43-28-,48-31+. The molecule has 0 amide bonds. The zero-order valence-electron chi connectivity index (χ0n) is 27.2. The van der Waals surface area contributed by atoms with Crippen molar-refractivity contribution in [1.82, 2.24) is 4.57 Å².